The van der Waals surface area contributed by atoms with Crippen LogP contribution in [0.5, 0.6) is 0 Å². The van der Waals surface area contributed by atoms with Crippen LogP contribution >= 0.6 is 0 Å². The van der Waals surface area contributed by atoms with Crippen molar-refractivity contribution in [1.82, 2.24) is 18.7 Å². The molecule has 1 unspecified atom stereocenters. The summed E-state index contributed by atoms with van der Waals surface area (Å²) in [5.74, 6) is -1.08. The molecule has 0 amide bonds. The number of hydrogen-bond donors (Lipinski definition) is 0. The van der Waals surface area contributed by atoms with Crippen molar-refractivity contribution in [3.05, 3.63) is 34.1 Å². The Balaban J connectivity index is 0.000000871. The van der Waals surface area contributed by atoms with Gasteiger partial charge in [-0.15, -0.1) is 0 Å². The second-order valence-electron chi connectivity index (χ2n) is 4.62. The predicted molar refractivity (Wildman–Crippen MR) is 77.1 cm³/mol. The molecule has 0 fully saturated rings. The second kappa shape index (κ2) is 8.97. The maximum atomic E-state index is 12.1. The first-order chi connectivity index (χ1) is 10.2. The van der Waals surface area contributed by atoms with Crippen LogP contribution in [0.1, 0.15) is 6.92 Å². The number of hydrogen-bond acceptors (Lipinski definition) is 6. The van der Waals surface area contributed by atoms with E-state index in [0.717, 1.165) is 11.5 Å². The number of fused-ring (bicyclic) bond motifs is 1. The zero-order valence-electron chi connectivity index (χ0n) is 13.6. The van der Waals surface area contributed by atoms with E-state index >= 15 is 0 Å². The number of aliphatic carboxylic acids is 1. The Labute approximate surface area is 153 Å². The molecule has 0 aliphatic heterocycles. The van der Waals surface area contributed by atoms with Crippen molar-refractivity contribution in [3.63, 3.8) is 0 Å². The molecular formula is C13H18HgN4O5. The number of carbonyl (C=O) groups is 1. The molecule has 9 nitrogen and oxygen atoms in total. The quantitative estimate of drug-likeness (QED) is 0.443. The van der Waals surface area contributed by atoms with Crippen molar-refractivity contribution in [2.45, 2.75) is 19.6 Å². The number of methoxy groups -OCH3 is 1. The topological polar surface area (TPSA) is 111 Å². The molecule has 0 bridgehead atoms. The van der Waals surface area contributed by atoms with Gasteiger partial charge in [-0.1, -0.05) is 0 Å². The minimum atomic E-state index is -1.08. The van der Waals surface area contributed by atoms with Gasteiger partial charge in [-0.2, -0.15) is 0 Å². The number of rotatable bonds is 3. The fourth-order valence-electron chi connectivity index (χ4n) is 1.83. The monoisotopic (exact) mass is 512 g/mol. The number of ether oxygens (including phenoxy) is 1. The molecule has 2 radical (unpaired) electrons. The van der Waals surface area contributed by atoms with Gasteiger partial charge in [0.2, 0.25) is 0 Å². The van der Waals surface area contributed by atoms with Crippen LogP contribution < -0.4 is 16.4 Å². The van der Waals surface area contributed by atoms with Crippen molar-refractivity contribution in [3.8, 4) is 0 Å². The molecule has 2 aromatic rings. The van der Waals surface area contributed by atoms with Gasteiger partial charge in [-0.05, 0) is 13.8 Å². The average Bonchev–Trinajstić information content (AvgIpc) is 2.85. The molecular weight excluding hydrogens is 493 g/mol. The van der Waals surface area contributed by atoms with Crippen molar-refractivity contribution in [1.29, 1.82) is 0 Å². The van der Waals surface area contributed by atoms with Crippen LogP contribution in [0.4, 0.5) is 0 Å². The molecule has 2 heterocycles. The normalized spacial score (nSPS) is 11.3. The van der Waals surface area contributed by atoms with E-state index in [1.807, 2.05) is 0 Å². The Kier molecular flexibility index (Phi) is 8.39. The number of aromatic nitrogens is 4. The van der Waals surface area contributed by atoms with Gasteiger partial charge in [0.25, 0.3) is 5.56 Å². The zero-order chi connectivity index (χ0) is 17.0. The van der Waals surface area contributed by atoms with Crippen LogP contribution in [0.25, 0.3) is 11.2 Å². The summed E-state index contributed by atoms with van der Waals surface area (Å²) in [7, 11) is 4.57. The zero-order valence-corrected chi connectivity index (χ0v) is 19.1. The van der Waals surface area contributed by atoms with Crippen LogP contribution in [-0.2, 0) is 57.8 Å². The number of nitrogens with zero attached hydrogens (tertiary/aromatic N) is 4. The summed E-state index contributed by atoms with van der Waals surface area (Å²) in [5.41, 5.74) is -0.0127. The third-order valence-corrected chi connectivity index (χ3v) is 2.95. The Hall–Kier alpha value is -1.48. The SMILES string of the molecule is CC(=O)[O-].[CH2]C(Cn1cnc2c1c(=O)n(C)c(=O)n2C)OC.[Hg+]. The minimum Gasteiger partial charge on any atom is -0.550 e. The molecule has 10 heteroatoms. The maximum Gasteiger partial charge on any atom is 1.00 e. The molecule has 0 N–H and O–H groups in total. The first-order valence-electron chi connectivity index (χ1n) is 6.35. The molecule has 1 atom stereocenters. The largest absolute Gasteiger partial charge is 1.00 e. The fraction of sp³-hybridized carbons (Fsp3) is 0.462. The third-order valence-electron chi connectivity index (χ3n) is 2.95. The number of carbonyl (C=O) groups excluding carboxylic acids is 1. The van der Waals surface area contributed by atoms with E-state index in [-0.39, 0.29) is 39.3 Å². The van der Waals surface area contributed by atoms with Crippen LogP contribution in [0.3, 0.4) is 0 Å². The number of carboxylic acids is 1. The summed E-state index contributed by atoms with van der Waals surface area (Å²) in [5, 5.41) is 8.89. The Morgan fingerprint density at radius 3 is 2.39 bits per heavy atom. The van der Waals surface area contributed by atoms with Crippen molar-refractivity contribution in [2.75, 3.05) is 7.11 Å². The molecule has 0 saturated heterocycles. The van der Waals surface area contributed by atoms with E-state index in [2.05, 4.69) is 11.9 Å². The van der Waals surface area contributed by atoms with Gasteiger partial charge >= 0.3 is 33.4 Å². The minimum absolute atomic E-state index is 0. The van der Waals surface area contributed by atoms with Gasteiger partial charge in [-0.25, -0.2) is 9.78 Å². The molecule has 0 spiro atoms. The second-order valence-corrected chi connectivity index (χ2v) is 4.62. The summed E-state index contributed by atoms with van der Waals surface area (Å²) >= 11 is 0. The van der Waals surface area contributed by atoms with E-state index in [1.54, 1.807) is 18.7 Å². The van der Waals surface area contributed by atoms with Crippen LogP contribution in [-0.4, -0.2) is 37.9 Å². The molecule has 2 aromatic heterocycles. The van der Waals surface area contributed by atoms with Gasteiger partial charge in [0.05, 0.1) is 19.0 Å². The Bertz CT molecular complexity index is 788. The van der Waals surface area contributed by atoms with E-state index in [1.165, 1.54) is 17.9 Å². The first kappa shape index (κ1) is 21.5. The van der Waals surface area contributed by atoms with E-state index in [9.17, 15) is 9.59 Å². The number of aryl methyl sites for hydroxylation is 1. The molecule has 23 heavy (non-hydrogen) atoms. The van der Waals surface area contributed by atoms with Crippen molar-refractivity contribution in [2.24, 2.45) is 14.1 Å². The van der Waals surface area contributed by atoms with Crippen molar-refractivity contribution < 1.29 is 42.3 Å². The number of carboxylic acid groups (broad SMARTS) is 1. The summed E-state index contributed by atoms with van der Waals surface area (Å²) in [6.07, 6.45) is 1.23. The van der Waals surface area contributed by atoms with E-state index in [0.29, 0.717) is 17.7 Å². The predicted octanol–water partition coefficient (Wildman–Crippen LogP) is -1.96. The average molecular weight is 511 g/mol. The summed E-state index contributed by atoms with van der Waals surface area (Å²) in [4.78, 5) is 36.8. The van der Waals surface area contributed by atoms with Crippen LogP contribution in [0, 0.1) is 6.92 Å². The van der Waals surface area contributed by atoms with Gasteiger partial charge < -0.3 is 19.2 Å². The molecule has 0 aromatic carbocycles. The smallest absolute Gasteiger partial charge is 0.550 e. The number of imidazole rings is 1. The van der Waals surface area contributed by atoms with Crippen LogP contribution in [0.2, 0.25) is 0 Å². The summed E-state index contributed by atoms with van der Waals surface area (Å²) < 4.78 is 9.12. The summed E-state index contributed by atoms with van der Waals surface area (Å²) in [6, 6.07) is 0. The maximum absolute atomic E-state index is 12.1. The molecule has 2 rings (SSSR count). The molecule has 122 valence electrons. The van der Waals surface area contributed by atoms with Gasteiger partial charge in [-0.3, -0.25) is 13.9 Å². The summed E-state index contributed by atoms with van der Waals surface area (Å²) in [6.45, 7) is 5.16. The van der Waals surface area contributed by atoms with E-state index in [4.69, 9.17) is 14.6 Å². The molecule has 0 aliphatic carbocycles. The van der Waals surface area contributed by atoms with E-state index < -0.39 is 11.7 Å². The van der Waals surface area contributed by atoms with Gasteiger partial charge in [0.1, 0.15) is 0 Å². The van der Waals surface area contributed by atoms with Crippen molar-refractivity contribution >= 4 is 17.1 Å². The molecule has 0 saturated carbocycles. The third kappa shape index (κ3) is 5.00. The first-order valence-corrected chi connectivity index (χ1v) is 6.35. The van der Waals surface area contributed by atoms with Gasteiger partial charge in [0.15, 0.2) is 11.2 Å². The van der Waals surface area contributed by atoms with Gasteiger partial charge in [0, 0.05) is 27.2 Å². The molecule has 0 aliphatic rings. The standard InChI is InChI=1S/C11H15N4O3.C2H4O2.Hg/c1-7(18-4)5-15-6-12-9-8(15)10(16)14(3)11(17)13(9)2;1-2(3)4;/h6-7H,1,5H2,2-4H3;1H3,(H,3,4);/q;;+1/p-1. The fourth-order valence-corrected chi connectivity index (χ4v) is 1.83. The Morgan fingerprint density at radius 2 is 1.91 bits per heavy atom. The Morgan fingerprint density at radius 1 is 1.39 bits per heavy atom. The van der Waals surface area contributed by atoms with Crippen LogP contribution in [0.15, 0.2) is 15.9 Å².